The van der Waals surface area contributed by atoms with Crippen LogP contribution in [-0.4, -0.2) is 47.2 Å². The normalized spacial score (nSPS) is 24.7. The summed E-state index contributed by atoms with van der Waals surface area (Å²) >= 11 is 6.19. The van der Waals surface area contributed by atoms with E-state index >= 15 is 0 Å². The molecule has 35 heavy (non-hydrogen) atoms. The molecule has 4 rings (SSSR count). The van der Waals surface area contributed by atoms with Crippen molar-refractivity contribution >= 4 is 47.0 Å². The number of para-hydroxylation sites is 1. The van der Waals surface area contributed by atoms with Crippen molar-refractivity contribution in [1.82, 2.24) is 10.7 Å². The molecule has 3 amide bonds. The van der Waals surface area contributed by atoms with Crippen molar-refractivity contribution in [1.29, 1.82) is 0 Å². The molecule has 3 aliphatic rings. The van der Waals surface area contributed by atoms with Crippen molar-refractivity contribution in [2.24, 2.45) is 11.0 Å². The second kappa shape index (κ2) is 11.5. The third kappa shape index (κ3) is 6.28. The zero-order valence-electron chi connectivity index (χ0n) is 19.3. The number of carbonyl (C=O) groups is 4. The second-order valence-corrected chi connectivity index (χ2v) is 9.75. The fourth-order valence-electron chi connectivity index (χ4n) is 4.75. The minimum Gasteiger partial charge on any atom is -0.496 e. The first kappa shape index (κ1) is 24.9. The SMILES string of the molecule is O=C(N/N=C/C1=COC2CCC(Cl)CC2C1=O)C(=O)Nc1ccccc1C(=O)NC1CCCCC1. The van der Waals surface area contributed by atoms with Gasteiger partial charge < -0.3 is 15.4 Å². The Morgan fingerprint density at radius 1 is 1.03 bits per heavy atom. The number of fused-ring (bicyclic) bond motifs is 1. The van der Waals surface area contributed by atoms with Gasteiger partial charge in [0.05, 0.1) is 35.2 Å². The van der Waals surface area contributed by atoms with Crippen molar-refractivity contribution in [2.75, 3.05) is 5.32 Å². The summed E-state index contributed by atoms with van der Waals surface area (Å²) in [5.41, 5.74) is 2.81. The Labute approximate surface area is 208 Å². The zero-order valence-corrected chi connectivity index (χ0v) is 20.1. The van der Waals surface area contributed by atoms with Gasteiger partial charge in [0.15, 0.2) is 5.78 Å². The number of alkyl halides is 1. The van der Waals surface area contributed by atoms with Crippen LogP contribution in [0.4, 0.5) is 5.69 Å². The molecule has 1 aromatic rings. The highest BCUT2D eigenvalue weighted by Gasteiger charge is 2.39. The lowest BCUT2D eigenvalue weighted by Crippen LogP contribution is -2.40. The summed E-state index contributed by atoms with van der Waals surface area (Å²) in [6, 6.07) is 6.61. The summed E-state index contributed by atoms with van der Waals surface area (Å²) < 4.78 is 5.62. The molecule has 0 saturated heterocycles. The fraction of sp³-hybridized carbons (Fsp3) is 0.480. The predicted molar refractivity (Wildman–Crippen MR) is 131 cm³/mol. The summed E-state index contributed by atoms with van der Waals surface area (Å²) in [5.74, 6) is -2.81. The number of rotatable bonds is 5. The van der Waals surface area contributed by atoms with Crippen molar-refractivity contribution in [3.63, 3.8) is 0 Å². The van der Waals surface area contributed by atoms with Crippen LogP contribution >= 0.6 is 11.6 Å². The molecule has 3 N–H and O–H groups in total. The first-order valence-corrected chi connectivity index (χ1v) is 12.4. The third-order valence-corrected chi connectivity index (χ3v) is 7.05. The highest BCUT2D eigenvalue weighted by Crippen LogP contribution is 2.34. The number of amides is 3. The van der Waals surface area contributed by atoms with Crippen LogP contribution in [0.5, 0.6) is 0 Å². The molecule has 0 bridgehead atoms. The van der Waals surface area contributed by atoms with Crippen molar-refractivity contribution in [3.8, 4) is 0 Å². The van der Waals surface area contributed by atoms with Crippen LogP contribution in [-0.2, 0) is 19.1 Å². The molecular weight excluding hydrogens is 472 g/mol. The van der Waals surface area contributed by atoms with E-state index in [-0.39, 0.29) is 52.0 Å². The molecule has 10 heteroatoms. The molecular formula is C25H29ClN4O5. The lowest BCUT2D eigenvalue weighted by molar-refractivity contribution is -0.136. The maximum Gasteiger partial charge on any atom is 0.329 e. The average Bonchev–Trinajstić information content (AvgIpc) is 2.86. The third-order valence-electron chi connectivity index (χ3n) is 6.65. The maximum atomic E-state index is 12.7. The van der Waals surface area contributed by atoms with E-state index in [1.165, 1.54) is 12.7 Å². The lowest BCUT2D eigenvalue weighted by Gasteiger charge is -2.35. The topological polar surface area (TPSA) is 126 Å². The van der Waals surface area contributed by atoms with Crippen molar-refractivity contribution < 1.29 is 23.9 Å². The van der Waals surface area contributed by atoms with E-state index in [0.717, 1.165) is 38.3 Å². The van der Waals surface area contributed by atoms with Crippen molar-refractivity contribution in [3.05, 3.63) is 41.7 Å². The van der Waals surface area contributed by atoms with Gasteiger partial charge in [0.25, 0.3) is 5.91 Å². The minimum atomic E-state index is -1.04. The van der Waals surface area contributed by atoms with E-state index in [4.69, 9.17) is 16.3 Å². The molecule has 2 aliphatic carbocycles. The number of nitrogens with zero attached hydrogens (tertiary/aromatic N) is 1. The number of carbonyl (C=O) groups excluding carboxylic acids is 4. The molecule has 1 heterocycles. The van der Waals surface area contributed by atoms with Gasteiger partial charge in [-0.25, -0.2) is 5.43 Å². The average molecular weight is 501 g/mol. The molecule has 9 nitrogen and oxygen atoms in total. The van der Waals surface area contributed by atoms with Gasteiger partial charge in [0.1, 0.15) is 6.10 Å². The summed E-state index contributed by atoms with van der Waals surface area (Å²) in [5, 5.41) is 9.12. The number of hydrogen-bond donors (Lipinski definition) is 3. The van der Waals surface area contributed by atoms with Gasteiger partial charge in [-0.1, -0.05) is 31.4 Å². The molecule has 2 fully saturated rings. The number of hydrogen-bond acceptors (Lipinski definition) is 6. The standard InChI is InChI=1S/C25H29ClN4O5/c26-16-10-11-21-19(12-16)22(31)15(14-35-21)13-27-30-25(34)24(33)29-20-9-5-4-8-18(20)23(32)28-17-6-2-1-3-7-17/h4-5,8-9,13-14,16-17,19,21H,1-3,6-7,10-12H2,(H,28,32)(H,29,33)(H,30,34)/b27-13+. The second-order valence-electron chi connectivity index (χ2n) is 9.14. The molecule has 186 valence electrons. The van der Waals surface area contributed by atoms with Gasteiger partial charge in [-0.3, -0.25) is 19.2 Å². The van der Waals surface area contributed by atoms with Gasteiger partial charge >= 0.3 is 11.8 Å². The highest BCUT2D eigenvalue weighted by molar-refractivity contribution is 6.40. The maximum absolute atomic E-state index is 12.7. The van der Waals surface area contributed by atoms with E-state index in [0.29, 0.717) is 12.8 Å². The number of halogens is 1. The Hall–Kier alpha value is -3.20. The minimum absolute atomic E-state index is 0.0730. The summed E-state index contributed by atoms with van der Waals surface area (Å²) in [6.45, 7) is 0. The summed E-state index contributed by atoms with van der Waals surface area (Å²) in [6.07, 6.45) is 9.51. The molecule has 1 aliphatic heterocycles. The van der Waals surface area contributed by atoms with Crippen LogP contribution in [0.25, 0.3) is 0 Å². The number of ether oxygens (including phenoxy) is 1. The Balaban J connectivity index is 1.32. The van der Waals surface area contributed by atoms with Gasteiger partial charge in [0, 0.05) is 11.4 Å². The van der Waals surface area contributed by atoms with Crippen LogP contribution in [0.1, 0.15) is 61.7 Å². The monoisotopic (exact) mass is 500 g/mol. The van der Waals surface area contributed by atoms with Gasteiger partial charge in [0.2, 0.25) is 0 Å². The molecule has 0 spiro atoms. The van der Waals surface area contributed by atoms with E-state index < -0.39 is 11.8 Å². The highest BCUT2D eigenvalue weighted by atomic mass is 35.5. The van der Waals surface area contributed by atoms with E-state index in [9.17, 15) is 19.2 Å². The number of Topliss-reactive ketones (excluding diaryl/α,β-unsaturated/α-hetero) is 1. The smallest absolute Gasteiger partial charge is 0.329 e. The lowest BCUT2D eigenvalue weighted by atomic mass is 9.80. The molecule has 3 atom stereocenters. The summed E-state index contributed by atoms with van der Waals surface area (Å²) in [7, 11) is 0. The number of anilines is 1. The Kier molecular flexibility index (Phi) is 8.17. The molecule has 1 aromatic carbocycles. The summed E-state index contributed by atoms with van der Waals surface area (Å²) in [4.78, 5) is 50.1. The first-order valence-electron chi connectivity index (χ1n) is 12.0. The van der Waals surface area contributed by atoms with Gasteiger partial charge in [-0.2, -0.15) is 5.10 Å². The quantitative estimate of drug-likeness (QED) is 0.248. The Bertz CT molecular complexity index is 1050. The Morgan fingerprint density at radius 3 is 2.60 bits per heavy atom. The van der Waals surface area contributed by atoms with Crippen LogP contribution in [0.15, 0.2) is 41.2 Å². The van der Waals surface area contributed by atoms with Crippen LogP contribution in [0.2, 0.25) is 0 Å². The number of nitrogens with one attached hydrogen (secondary N) is 3. The fourth-order valence-corrected chi connectivity index (χ4v) is 5.07. The molecule has 3 unspecified atom stereocenters. The molecule has 0 aromatic heterocycles. The van der Waals surface area contributed by atoms with Crippen LogP contribution < -0.4 is 16.1 Å². The van der Waals surface area contributed by atoms with E-state index in [1.54, 1.807) is 24.3 Å². The largest absolute Gasteiger partial charge is 0.496 e. The van der Waals surface area contributed by atoms with Gasteiger partial charge in [-0.15, -0.1) is 11.6 Å². The van der Waals surface area contributed by atoms with E-state index in [1.807, 2.05) is 0 Å². The zero-order chi connectivity index (χ0) is 24.8. The predicted octanol–water partition coefficient (Wildman–Crippen LogP) is 3.05. The van der Waals surface area contributed by atoms with E-state index in [2.05, 4.69) is 21.2 Å². The number of benzene rings is 1. The number of hydrazone groups is 1. The van der Waals surface area contributed by atoms with Crippen LogP contribution in [0, 0.1) is 5.92 Å². The van der Waals surface area contributed by atoms with Crippen LogP contribution in [0.3, 0.4) is 0 Å². The van der Waals surface area contributed by atoms with Crippen molar-refractivity contribution in [2.45, 2.75) is 68.9 Å². The number of allylic oxidation sites excluding steroid dienone is 1. The molecule has 2 saturated carbocycles. The van der Waals surface area contributed by atoms with Gasteiger partial charge in [-0.05, 0) is 44.2 Å². The first-order chi connectivity index (χ1) is 16.9. The Morgan fingerprint density at radius 2 is 1.80 bits per heavy atom. The molecule has 0 radical (unpaired) electrons. The number of ketones is 1.